The average molecular weight is 435 g/mol. The van der Waals surface area contributed by atoms with Crippen LogP contribution in [-0.2, 0) is 9.59 Å². The molecular formula is C29H54O2. The molecule has 0 saturated heterocycles. The van der Waals surface area contributed by atoms with Crippen molar-refractivity contribution in [3.63, 3.8) is 0 Å². The van der Waals surface area contributed by atoms with E-state index in [1.165, 1.54) is 129 Å². The van der Waals surface area contributed by atoms with Gasteiger partial charge in [-0.3, -0.25) is 9.59 Å². The van der Waals surface area contributed by atoms with Gasteiger partial charge >= 0.3 is 0 Å². The molecule has 2 nitrogen and oxygen atoms in total. The predicted octanol–water partition coefficient (Wildman–Crippen LogP) is 9.69. The van der Waals surface area contributed by atoms with Gasteiger partial charge in [0, 0.05) is 6.42 Å². The molecule has 0 N–H and O–H groups in total. The van der Waals surface area contributed by atoms with Gasteiger partial charge in [-0.05, 0) is 39.0 Å². The summed E-state index contributed by atoms with van der Waals surface area (Å²) in [6.07, 6.45) is 33.6. The molecule has 0 unspecified atom stereocenters. The maximum Gasteiger partial charge on any atom is 0.140 e. The van der Waals surface area contributed by atoms with Crippen molar-refractivity contribution < 1.29 is 9.59 Å². The van der Waals surface area contributed by atoms with E-state index in [1.54, 1.807) is 0 Å². The summed E-state index contributed by atoms with van der Waals surface area (Å²) in [7, 11) is 0. The van der Waals surface area contributed by atoms with Gasteiger partial charge in [-0.2, -0.15) is 0 Å². The summed E-state index contributed by atoms with van der Waals surface area (Å²) in [4.78, 5) is 22.3. The number of carbonyl (C=O) groups is 2. The molecule has 0 atom stereocenters. The molecule has 0 amide bonds. The van der Waals surface area contributed by atoms with E-state index < -0.39 is 0 Å². The van der Waals surface area contributed by atoms with Crippen LogP contribution >= 0.6 is 0 Å². The Hall–Kier alpha value is -0.920. The van der Waals surface area contributed by atoms with Gasteiger partial charge in [-0.25, -0.2) is 0 Å². The van der Waals surface area contributed by atoms with Gasteiger partial charge < -0.3 is 0 Å². The third-order valence-corrected chi connectivity index (χ3v) is 6.16. The topological polar surface area (TPSA) is 34.1 Å². The van der Waals surface area contributed by atoms with Gasteiger partial charge in [-0.15, -0.1) is 0 Å². The van der Waals surface area contributed by atoms with Gasteiger partial charge in [0.1, 0.15) is 11.6 Å². The van der Waals surface area contributed by atoms with Crippen molar-refractivity contribution in [3.05, 3.63) is 12.2 Å². The molecule has 0 aliphatic carbocycles. The molecule has 0 aromatic carbocycles. The van der Waals surface area contributed by atoms with E-state index in [0.717, 1.165) is 12.8 Å². The van der Waals surface area contributed by atoms with Crippen molar-refractivity contribution in [1.29, 1.82) is 0 Å². The molecule has 0 aliphatic rings. The molecule has 0 bridgehead atoms. The van der Waals surface area contributed by atoms with Crippen molar-refractivity contribution in [2.24, 2.45) is 0 Å². The summed E-state index contributed by atoms with van der Waals surface area (Å²) in [5, 5.41) is 0. The van der Waals surface area contributed by atoms with Crippen LogP contribution in [0.3, 0.4) is 0 Å². The lowest BCUT2D eigenvalue weighted by atomic mass is 10.0. The SMILES string of the molecule is CCCCCCCC/C=C\CCCCCCCCCCCCCCCC(=O)CC(C)=O. The molecule has 0 fully saturated rings. The van der Waals surface area contributed by atoms with Crippen LogP contribution in [0, 0.1) is 0 Å². The minimum Gasteiger partial charge on any atom is -0.300 e. The van der Waals surface area contributed by atoms with Crippen LogP contribution in [0.25, 0.3) is 0 Å². The maximum absolute atomic E-state index is 11.4. The van der Waals surface area contributed by atoms with Crippen LogP contribution in [0.4, 0.5) is 0 Å². The third kappa shape index (κ3) is 27.0. The van der Waals surface area contributed by atoms with E-state index in [0.29, 0.717) is 6.42 Å². The Labute approximate surface area is 195 Å². The maximum atomic E-state index is 11.4. The number of unbranched alkanes of at least 4 members (excludes halogenated alkanes) is 19. The second-order valence-corrected chi connectivity index (χ2v) is 9.58. The summed E-state index contributed by atoms with van der Waals surface area (Å²) in [5.41, 5.74) is 0. The van der Waals surface area contributed by atoms with E-state index in [4.69, 9.17) is 0 Å². The summed E-state index contributed by atoms with van der Waals surface area (Å²) in [6, 6.07) is 0. The fourth-order valence-electron chi connectivity index (χ4n) is 4.17. The van der Waals surface area contributed by atoms with E-state index in [9.17, 15) is 9.59 Å². The molecule has 0 aromatic heterocycles. The van der Waals surface area contributed by atoms with E-state index in [-0.39, 0.29) is 18.0 Å². The highest BCUT2D eigenvalue weighted by atomic mass is 16.1. The Morgan fingerprint density at radius 3 is 1.26 bits per heavy atom. The number of allylic oxidation sites excluding steroid dienone is 2. The molecule has 31 heavy (non-hydrogen) atoms. The van der Waals surface area contributed by atoms with Crippen LogP contribution in [-0.4, -0.2) is 11.6 Å². The lowest BCUT2D eigenvalue weighted by molar-refractivity contribution is -0.125. The summed E-state index contributed by atoms with van der Waals surface area (Å²) in [6.45, 7) is 3.78. The highest BCUT2D eigenvalue weighted by Gasteiger charge is 2.04. The number of hydrogen-bond acceptors (Lipinski definition) is 2. The van der Waals surface area contributed by atoms with E-state index >= 15 is 0 Å². The normalized spacial score (nSPS) is 11.4. The number of Topliss-reactive ketones (excluding diaryl/α,β-unsaturated/α-hetero) is 2. The highest BCUT2D eigenvalue weighted by molar-refractivity contribution is 5.97. The second kappa shape index (κ2) is 25.3. The minimum absolute atomic E-state index is 0.00348. The van der Waals surface area contributed by atoms with Gasteiger partial charge in [0.2, 0.25) is 0 Å². The van der Waals surface area contributed by atoms with Crippen LogP contribution < -0.4 is 0 Å². The molecule has 0 radical (unpaired) electrons. The Morgan fingerprint density at radius 2 is 0.871 bits per heavy atom. The molecule has 0 spiro atoms. The fourth-order valence-corrected chi connectivity index (χ4v) is 4.17. The zero-order valence-corrected chi connectivity index (χ0v) is 21.2. The minimum atomic E-state index is -0.00348. The van der Waals surface area contributed by atoms with E-state index in [2.05, 4.69) is 19.1 Å². The Balaban J connectivity index is 3.13. The first kappa shape index (κ1) is 30.1. The number of rotatable bonds is 25. The molecular weight excluding hydrogens is 380 g/mol. The van der Waals surface area contributed by atoms with Gasteiger partial charge in [0.25, 0.3) is 0 Å². The summed E-state index contributed by atoms with van der Waals surface area (Å²) >= 11 is 0. The fraction of sp³-hybridized carbons (Fsp3) is 0.862. The first-order valence-electron chi connectivity index (χ1n) is 13.8. The van der Waals surface area contributed by atoms with Gasteiger partial charge in [-0.1, -0.05) is 122 Å². The van der Waals surface area contributed by atoms with Crippen LogP contribution in [0.2, 0.25) is 0 Å². The van der Waals surface area contributed by atoms with Crippen molar-refractivity contribution in [3.8, 4) is 0 Å². The zero-order chi connectivity index (χ0) is 22.8. The summed E-state index contributed by atoms with van der Waals surface area (Å²) < 4.78 is 0. The molecule has 0 saturated carbocycles. The van der Waals surface area contributed by atoms with Gasteiger partial charge in [0.15, 0.2) is 0 Å². The summed E-state index contributed by atoms with van der Waals surface area (Å²) in [5.74, 6) is 0.115. The van der Waals surface area contributed by atoms with Crippen LogP contribution in [0.5, 0.6) is 0 Å². The van der Waals surface area contributed by atoms with Crippen LogP contribution in [0.1, 0.15) is 162 Å². The molecule has 0 rings (SSSR count). The smallest absolute Gasteiger partial charge is 0.140 e. The lowest BCUT2D eigenvalue weighted by Gasteiger charge is -2.03. The predicted molar refractivity (Wildman–Crippen MR) is 137 cm³/mol. The quantitative estimate of drug-likeness (QED) is 0.0813. The standard InChI is InChI=1S/C29H54O2/c1-3-4-5-6-7-8-9-10-11-12-13-14-15-16-17-18-19-20-21-22-23-24-25-26-29(31)27-28(2)30/h10-11H,3-9,12-27H2,1-2H3/b11-10-. The number of ketones is 2. The second-order valence-electron chi connectivity index (χ2n) is 9.58. The number of hydrogen-bond donors (Lipinski definition) is 0. The highest BCUT2D eigenvalue weighted by Crippen LogP contribution is 2.14. The molecule has 0 aromatic rings. The Kier molecular flexibility index (Phi) is 24.6. The van der Waals surface area contributed by atoms with Gasteiger partial charge in [0.05, 0.1) is 6.42 Å². The van der Waals surface area contributed by atoms with Crippen LogP contribution in [0.15, 0.2) is 12.2 Å². The third-order valence-electron chi connectivity index (χ3n) is 6.16. The molecule has 2 heteroatoms. The van der Waals surface area contributed by atoms with Crippen molar-refractivity contribution in [2.45, 2.75) is 162 Å². The Bertz CT molecular complexity index is 424. The lowest BCUT2D eigenvalue weighted by Crippen LogP contribution is -2.03. The van der Waals surface area contributed by atoms with E-state index in [1.807, 2.05) is 0 Å². The van der Waals surface area contributed by atoms with Crippen molar-refractivity contribution >= 4 is 11.6 Å². The monoisotopic (exact) mass is 434 g/mol. The molecule has 0 aliphatic heterocycles. The molecule has 182 valence electrons. The first-order chi connectivity index (χ1) is 15.2. The average Bonchev–Trinajstić information content (AvgIpc) is 2.73. The van der Waals surface area contributed by atoms with Crippen molar-refractivity contribution in [1.82, 2.24) is 0 Å². The van der Waals surface area contributed by atoms with Crippen molar-refractivity contribution in [2.75, 3.05) is 0 Å². The first-order valence-corrected chi connectivity index (χ1v) is 13.8. The molecule has 0 heterocycles. The number of carbonyl (C=O) groups excluding carboxylic acids is 2. The largest absolute Gasteiger partial charge is 0.300 e. The zero-order valence-electron chi connectivity index (χ0n) is 21.2. The Morgan fingerprint density at radius 1 is 0.516 bits per heavy atom.